The number of carbonyl (C=O) groups is 2. The van der Waals surface area contributed by atoms with Crippen LogP contribution in [0.5, 0.6) is 0 Å². The topological polar surface area (TPSA) is 66.4 Å². The van der Waals surface area contributed by atoms with E-state index in [2.05, 4.69) is 11.4 Å². The summed E-state index contributed by atoms with van der Waals surface area (Å²) >= 11 is 0. The third kappa shape index (κ3) is 2.42. The molecule has 0 spiro atoms. The van der Waals surface area contributed by atoms with Gasteiger partial charge in [-0.05, 0) is 31.1 Å². The fourth-order valence-electron chi connectivity index (χ4n) is 3.01. The SMILES string of the molecule is CC1(C)C(C(=O)O)C1C(=O)NCCC1=CCCC1. The van der Waals surface area contributed by atoms with Gasteiger partial charge in [0.15, 0.2) is 0 Å². The first-order valence-electron chi connectivity index (χ1n) is 6.63. The number of carbonyl (C=O) groups excluding carboxylic acids is 1. The van der Waals surface area contributed by atoms with Crippen LogP contribution in [0.25, 0.3) is 0 Å². The molecule has 1 saturated carbocycles. The minimum Gasteiger partial charge on any atom is -0.481 e. The van der Waals surface area contributed by atoms with Crippen molar-refractivity contribution in [3.8, 4) is 0 Å². The maximum Gasteiger partial charge on any atom is 0.307 e. The highest BCUT2D eigenvalue weighted by Gasteiger charge is 2.65. The van der Waals surface area contributed by atoms with Crippen molar-refractivity contribution in [1.82, 2.24) is 5.32 Å². The molecule has 4 nitrogen and oxygen atoms in total. The molecule has 0 aromatic carbocycles. The molecule has 0 aliphatic heterocycles. The molecule has 2 unspecified atom stereocenters. The number of rotatable bonds is 5. The molecule has 2 aliphatic rings. The highest BCUT2D eigenvalue weighted by molar-refractivity contribution is 5.91. The zero-order valence-corrected chi connectivity index (χ0v) is 11.0. The predicted octanol–water partition coefficient (Wildman–Crippen LogP) is 1.96. The lowest BCUT2D eigenvalue weighted by molar-refractivity contribution is -0.140. The van der Waals surface area contributed by atoms with Gasteiger partial charge in [-0.1, -0.05) is 25.5 Å². The molecular formula is C14H21NO3. The van der Waals surface area contributed by atoms with Crippen LogP contribution in [-0.2, 0) is 9.59 Å². The summed E-state index contributed by atoms with van der Waals surface area (Å²) in [6.45, 7) is 4.31. The number of aliphatic carboxylic acids is 1. The fraction of sp³-hybridized carbons (Fsp3) is 0.714. The van der Waals surface area contributed by atoms with E-state index >= 15 is 0 Å². The van der Waals surface area contributed by atoms with Gasteiger partial charge in [0.25, 0.3) is 0 Å². The standard InChI is InChI=1S/C14H21NO3/c1-14(2)10(11(14)13(17)18)12(16)15-8-7-9-5-3-4-6-9/h5,10-11H,3-4,6-8H2,1-2H3,(H,15,16)(H,17,18). The molecule has 2 N–H and O–H groups in total. The Balaban J connectivity index is 1.77. The second-order valence-electron chi connectivity index (χ2n) is 5.91. The quantitative estimate of drug-likeness (QED) is 0.734. The van der Waals surface area contributed by atoms with Gasteiger partial charge in [0.1, 0.15) is 0 Å². The molecule has 0 aromatic rings. The summed E-state index contributed by atoms with van der Waals surface area (Å²) in [5, 5.41) is 11.9. The largest absolute Gasteiger partial charge is 0.481 e. The highest BCUT2D eigenvalue weighted by Crippen LogP contribution is 2.58. The van der Waals surface area contributed by atoms with E-state index in [1.807, 2.05) is 13.8 Å². The van der Waals surface area contributed by atoms with Gasteiger partial charge in [0.05, 0.1) is 11.8 Å². The average Bonchev–Trinajstić information content (AvgIpc) is 2.65. The van der Waals surface area contributed by atoms with Gasteiger partial charge in [-0.2, -0.15) is 0 Å². The lowest BCUT2D eigenvalue weighted by atomic mass is 10.1. The molecule has 100 valence electrons. The molecule has 1 amide bonds. The average molecular weight is 251 g/mol. The van der Waals surface area contributed by atoms with Gasteiger partial charge in [-0.25, -0.2) is 0 Å². The zero-order valence-electron chi connectivity index (χ0n) is 11.0. The summed E-state index contributed by atoms with van der Waals surface area (Å²) in [6, 6.07) is 0. The number of hydrogen-bond donors (Lipinski definition) is 2. The van der Waals surface area contributed by atoms with E-state index < -0.39 is 17.3 Å². The first-order valence-corrected chi connectivity index (χ1v) is 6.63. The van der Waals surface area contributed by atoms with Gasteiger partial charge in [-0.3, -0.25) is 9.59 Å². The van der Waals surface area contributed by atoms with Crippen LogP contribution in [0.15, 0.2) is 11.6 Å². The van der Waals surface area contributed by atoms with Crippen molar-refractivity contribution >= 4 is 11.9 Å². The monoisotopic (exact) mass is 251 g/mol. The molecule has 2 atom stereocenters. The van der Waals surface area contributed by atoms with Gasteiger partial charge < -0.3 is 10.4 Å². The van der Waals surface area contributed by atoms with E-state index in [4.69, 9.17) is 5.11 Å². The first-order chi connectivity index (χ1) is 8.44. The molecule has 2 aliphatic carbocycles. The zero-order chi connectivity index (χ0) is 13.3. The normalized spacial score (nSPS) is 28.7. The van der Waals surface area contributed by atoms with Crippen LogP contribution >= 0.6 is 0 Å². The van der Waals surface area contributed by atoms with Crippen LogP contribution in [0.3, 0.4) is 0 Å². The molecule has 18 heavy (non-hydrogen) atoms. The smallest absolute Gasteiger partial charge is 0.307 e. The summed E-state index contributed by atoms with van der Waals surface area (Å²) in [5.41, 5.74) is 1.02. The third-order valence-corrected chi connectivity index (χ3v) is 4.26. The Morgan fingerprint density at radius 2 is 2.17 bits per heavy atom. The van der Waals surface area contributed by atoms with Gasteiger partial charge in [0.2, 0.25) is 5.91 Å². The molecule has 0 bridgehead atoms. The molecule has 0 saturated heterocycles. The van der Waals surface area contributed by atoms with Crippen molar-refractivity contribution in [3.63, 3.8) is 0 Å². The number of allylic oxidation sites excluding steroid dienone is 1. The van der Waals surface area contributed by atoms with Crippen molar-refractivity contribution in [3.05, 3.63) is 11.6 Å². The second-order valence-corrected chi connectivity index (χ2v) is 5.91. The van der Waals surface area contributed by atoms with Crippen molar-refractivity contribution in [1.29, 1.82) is 0 Å². The summed E-state index contributed by atoms with van der Waals surface area (Å²) < 4.78 is 0. The third-order valence-electron chi connectivity index (χ3n) is 4.26. The van der Waals surface area contributed by atoms with E-state index in [1.165, 1.54) is 12.0 Å². The number of nitrogens with one attached hydrogen (secondary N) is 1. The number of hydrogen-bond acceptors (Lipinski definition) is 2. The van der Waals surface area contributed by atoms with E-state index in [-0.39, 0.29) is 11.8 Å². The van der Waals surface area contributed by atoms with Gasteiger partial charge >= 0.3 is 5.97 Å². The second kappa shape index (κ2) is 4.75. The minimum absolute atomic E-state index is 0.106. The lowest BCUT2D eigenvalue weighted by Crippen LogP contribution is -2.28. The lowest BCUT2D eigenvalue weighted by Gasteiger charge is -2.06. The Morgan fingerprint density at radius 3 is 2.67 bits per heavy atom. The summed E-state index contributed by atoms with van der Waals surface area (Å²) in [4.78, 5) is 22.9. The van der Waals surface area contributed by atoms with E-state index in [0.717, 1.165) is 19.3 Å². The fourth-order valence-corrected chi connectivity index (χ4v) is 3.01. The van der Waals surface area contributed by atoms with Crippen molar-refractivity contribution in [2.45, 2.75) is 39.5 Å². The summed E-state index contributed by atoms with van der Waals surface area (Å²) in [5.74, 6) is -1.86. The van der Waals surface area contributed by atoms with E-state index in [1.54, 1.807) is 0 Å². The van der Waals surface area contributed by atoms with Crippen LogP contribution < -0.4 is 5.32 Å². The van der Waals surface area contributed by atoms with E-state index in [9.17, 15) is 9.59 Å². The Hall–Kier alpha value is -1.32. The van der Waals surface area contributed by atoms with Gasteiger partial charge in [-0.15, -0.1) is 0 Å². The molecule has 1 fully saturated rings. The van der Waals surface area contributed by atoms with Crippen LogP contribution in [0, 0.1) is 17.3 Å². The maximum atomic E-state index is 11.9. The number of carboxylic acid groups (broad SMARTS) is 1. The molecule has 0 heterocycles. The van der Waals surface area contributed by atoms with Crippen LogP contribution in [0.1, 0.15) is 39.5 Å². The van der Waals surface area contributed by atoms with Crippen LogP contribution in [0.4, 0.5) is 0 Å². The number of amides is 1. The Labute approximate surface area is 107 Å². The van der Waals surface area contributed by atoms with Crippen molar-refractivity contribution in [2.24, 2.45) is 17.3 Å². The highest BCUT2D eigenvalue weighted by atomic mass is 16.4. The van der Waals surface area contributed by atoms with Crippen LogP contribution in [-0.4, -0.2) is 23.5 Å². The van der Waals surface area contributed by atoms with Crippen LogP contribution in [0.2, 0.25) is 0 Å². The van der Waals surface area contributed by atoms with Crippen molar-refractivity contribution < 1.29 is 14.7 Å². The van der Waals surface area contributed by atoms with Crippen molar-refractivity contribution in [2.75, 3.05) is 6.54 Å². The summed E-state index contributed by atoms with van der Waals surface area (Å²) in [6.07, 6.45) is 6.66. The first kappa shape index (κ1) is 13.1. The molecular weight excluding hydrogens is 230 g/mol. The van der Waals surface area contributed by atoms with Gasteiger partial charge in [0, 0.05) is 6.54 Å². The molecule has 0 aromatic heterocycles. The van der Waals surface area contributed by atoms with E-state index in [0.29, 0.717) is 6.54 Å². The number of carboxylic acids is 1. The summed E-state index contributed by atoms with van der Waals surface area (Å²) in [7, 11) is 0. The molecule has 0 radical (unpaired) electrons. The predicted molar refractivity (Wildman–Crippen MR) is 68.0 cm³/mol. The minimum atomic E-state index is -0.862. The molecule has 4 heteroatoms. The Bertz CT molecular complexity index is 398. The Morgan fingerprint density at radius 1 is 1.44 bits per heavy atom. The molecule has 2 rings (SSSR count). The Kier molecular flexibility index (Phi) is 3.46. The maximum absolute atomic E-state index is 11.9.